The summed E-state index contributed by atoms with van der Waals surface area (Å²) in [5.74, 6) is -0.478. The van der Waals surface area contributed by atoms with Gasteiger partial charge in [-0.3, -0.25) is 13.9 Å². The molecule has 0 saturated heterocycles. The second kappa shape index (κ2) is 9.91. The van der Waals surface area contributed by atoms with Crippen molar-refractivity contribution in [2.75, 3.05) is 16.2 Å². The molecule has 2 amide bonds. The zero-order chi connectivity index (χ0) is 25.3. The van der Waals surface area contributed by atoms with Crippen molar-refractivity contribution in [3.63, 3.8) is 0 Å². The van der Waals surface area contributed by atoms with Crippen LogP contribution in [-0.4, -0.2) is 26.8 Å². The number of hydrogen-bond donors (Lipinski definition) is 2. The Morgan fingerprint density at radius 1 is 1.06 bits per heavy atom. The average molecular weight is 522 g/mol. The minimum Gasteiger partial charge on any atom is -0.346 e. The topological polar surface area (TPSA) is 95.6 Å². The summed E-state index contributed by atoms with van der Waals surface area (Å²) < 4.78 is 28.5. The third-order valence-corrected chi connectivity index (χ3v) is 9.69. The van der Waals surface area contributed by atoms with Crippen LogP contribution in [0.25, 0.3) is 0 Å². The molecule has 0 radical (unpaired) electrons. The fraction of sp³-hybridized carbons (Fsp3) is 0.259. The predicted molar refractivity (Wildman–Crippen MR) is 142 cm³/mol. The van der Waals surface area contributed by atoms with Gasteiger partial charge in [0.05, 0.1) is 21.5 Å². The smallest absolute Gasteiger partial charge is 0.265 e. The van der Waals surface area contributed by atoms with Gasteiger partial charge in [0, 0.05) is 17.1 Å². The summed E-state index contributed by atoms with van der Waals surface area (Å²) in [5.41, 5.74) is 3.09. The van der Waals surface area contributed by atoms with Crippen molar-refractivity contribution >= 4 is 44.5 Å². The first-order valence-electron chi connectivity index (χ1n) is 11.9. The van der Waals surface area contributed by atoms with E-state index < -0.39 is 10.0 Å². The lowest BCUT2D eigenvalue weighted by atomic mass is 9.98. The van der Waals surface area contributed by atoms with E-state index in [4.69, 9.17) is 0 Å². The molecular formula is C27H27N3O4S2. The first-order chi connectivity index (χ1) is 17.4. The molecule has 2 N–H and O–H groups in total. The molecule has 9 heteroatoms. The van der Waals surface area contributed by atoms with E-state index in [1.165, 1.54) is 33.0 Å². The zero-order valence-electron chi connectivity index (χ0n) is 19.7. The normalized spacial score (nSPS) is 17.0. The van der Waals surface area contributed by atoms with Gasteiger partial charge in [-0.1, -0.05) is 24.8 Å². The fourth-order valence-corrected chi connectivity index (χ4v) is 7.45. The molecule has 2 aliphatic rings. The van der Waals surface area contributed by atoms with Gasteiger partial charge in [0.25, 0.3) is 15.9 Å². The first kappa shape index (κ1) is 24.3. The van der Waals surface area contributed by atoms with Crippen LogP contribution >= 0.6 is 11.3 Å². The number of rotatable bonds is 6. The number of para-hydroxylation sites is 1. The highest BCUT2D eigenvalue weighted by Gasteiger charge is 2.33. The van der Waals surface area contributed by atoms with Crippen LogP contribution in [0.4, 0.5) is 11.4 Å². The van der Waals surface area contributed by atoms with Gasteiger partial charge in [0.2, 0.25) is 5.91 Å². The molecule has 0 fully saturated rings. The lowest BCUT2D eigenvalue weighted by Crippen LogP contribution is -2.40. The van der Waals surface area contributed by atoms with Gasteiger partial charge in [-0.2, -0.15) is 0 Å². The molecule has 0 spiro atoms. The highest BCUT2D eigenvalue weighted by atomic mass is 32.2. The van der Waals surface area contributed by atoms with Crippen LogP contribution in [0.5, 0.6) is 0 Å². The number of amides is 2. The van der Waals surface area contributed by atoms with Gasteiger partial charge in [-0.05, 0) is 85.7 Å². The molecule has 0 saturated carbocycles. The van der Waals surface area contributed by atoms with E-state index in [0.29, 0.717) is 22.7 Å². The van der Waals surface area contributed by atoms with Gasteiger partial charge in [-0.25, -0.2) is 8.42 Å². The van der Waals surface area contributed by atoms with Gasteiger partial charge < -0.3 is 10.6 Å². The number of fused-ring (bicyclic) bond motifs is 2. The van der Waals surface area contributed by atoms with Crippen molar-refractivity contribution in [2.24, 2.45) is 0 Å². The summed E-state index contributed by atoms with van der Waals surface area (Å²) in [6.07, 6.45) is 6.02. The van der Waals surface area contributed by atoms with Crippen molar-refractivity contribution in [3.05, 3.63) is 88.1 Å². The molecule has 36 heavy (non-hydrogen) atoms. The molecule has 0 bridgehead atoms. The molecule has 2 heterocycles. The standard InChI is InChI=1S/C27H27N3O4S2/c1-2-26(31)29-22-15-16-30(23-9-5-4-8-21(22)23)36(33,34)20-13-11-19(12-14-20)28-27(32)25-17-18-7-3-6-10-24(18)35-25/h2,4-5,8-9,11-14,17,22H,1,3,6-7,10,15-16H2,(H,28,32)(H,29,31). The van der Waals surface area contributed by atoms with Crippen LogP contribution in [0.3, 0.4) is 0 Å². The fourth-order valence-electron chi connectivity index (χ4n) is 4.79. The molecule has 1 atom stereocenters. The third-order valence-electron chi connectivity index (χ3n) is 6.62. The van der Waals surface area contributed by atoms with Gasteiger partial charge in [-0.15, -0.1) is 11.3 Å². The van der Waals surface area contributed by atoms with E-state index in [-0.39, 0.29) is 29.3 Å². The molecule has 5 rings (SSSR count). The van der Waals surface area contributed by atoms with Crippen LogP contribution in [0, 0.1) is 0 Å². The number of aryl methyl sites for hydroxylation is 2. The van der Waals surface area contributed by atoms with Crippen molar-refractivity contribution in [2.45, 2.75) is 43.0 Å². The van der Waals surface area contributed by atoms with Gasteiger partial charge in [0.1, 0.15) is 0 Å². The molecule has 3 aromatic rings. The summed E-state index contributed by atoms with van der Waals surface area (Å²) in [6.45, 7) is 3.71. The summed E-state index contributed by atoms with van der Waals surface area (Å²) in [4.78, 5) is 26.7. The number of anilines is 2. The highest BCUT2D eigenvalue weighted by Crippen LogP contribution is 2.37. The van der Waals surface area contributed by atoms with E-state index in [1.807, 2.05) is 18.2 Å². The maximum Gasteiger partial charge on any atom is 0.265 e. The van der Waals surface area contributed by atoms with E-state index in [0.717, 1.165) is 31.2 Å². The number of carbonyl (C=O) groups is 2. The van der Waals surface area contributed by atoms with Crippen LogP contribution < -0.4 is 14.9 Å². The Kier molecular flexibility index (Phi) is 6.68. The number of thiophene rings is 1. The predicted octanol–water partition coefficient (Wildman–Crippen LogP) is 4.82. The zero-order valence-corrected chi connectivity index (χ0v) is 21.3. The van der Waals surface area contributed by atoms with E-state index in [2.05, 4.69) is 17.2 Å². The molecule has 7 nitrogen and oxygen atoms in total. The Bertz CT molecular complexity index is 1400. The Morgan fingerprint density at radius 2 is 1.81 bits per heavy atom. The molecule has 1 unspecified atom stereocenters. The average Bonchev–Trinajstić information content (AvgIpc) is 3.34. The van der Waals surface area contributed by atoms with Crippen LogP contribution in [0.15, 0.2) is 72.1 Å². The van der Waals surface area contributed by atoms with Crippen molar-refractivity contribution < 1.29 is 18.0 Å². The van der Waals surface area contributed by atoms with E-state index >= 15 is 0 Å². The van der Waals surface area contributed by atoms with Crippen LogP contribution in [-0.2, 0) is 27.7 Å². The molecule has 2 aromatic carbocycles. The van der Waals surface area contributed by atoms with Gasteiger partial charge >= 0.3 is 0 Å². The monoisotopic (exact) mass is 521 g/mol. The second-order valence-corrected chi connectivity index (χ2v) is 11.9. The maximum absolute atomic E-state index is 13.5. The SMILES string of the molecule is C=CC(=O)NC1CCN(S(=O)(=O)c2ccc(NC(=O)c3cc4c(s3)CCCC4)cc2)c2ccccc21. The molecule has 1 aromatic heterocycles. The number of nitrogens with one attached hydrogen (secondary N) is 2. The van der Waals surface area contributed by atoms with Crippen LogP contribution in [0.2, 0.25) is 0 Å². The second-order valence-electron chi connectivity index (χ2n) is 8.93. The number of sulfonamides is 1. The molecule has 186 valence electrons. The van der Waals surface area contributed by atoms with Gasteiger partial charge in [0.15, 0.2) is 0 Å². The van der Waals surface area contributed by atoms with Crippen molar-refractivity contribution in [3.8, 4) is 0 Å². The third kappa shape index (κ3) is 4.68. The Balaban J connectivity index is 1.34. The maximum atomic E-state index is 13.5. The lowest BCUT2D eigenvalue weighted by molar-refractivity contribution is -0.117. The van der Waals surface area contributed by atoms with Crippen molar-refractivity contribution in [1.82, 2.24) is 5.32 Å². The highest BCUT2D eigenvalue weighted by molar-refractivity contribution is 7.92. The lowest BCUT2D eigenvalue weighted by Gasteiger charge is -2.35. The molecule has 1 aliphatic carbocycles. The Morgan fingerprint density at radius 3 is 2.56 bits per heavy atom. The number of nitrogens with zero attached hydrogens (tertiary/aromatic N) is 1. The Hall–Kier alpha value is -3.43. The minimum absolute atomic E-state index is 0.135. The summed E-state index contributed by atoms with van der Waals surface area (Å²) in [7, 11) is -3.84. The molecule has 1 aliphatic heterocycles. The number of carbonyl (C=O) groups excluding carboxylic acids is 2. The largest absolute Gasteiger partial charge is 0.346 e. The number of benzene rings is 2. The Labute approximate surface area is 214 Å². The molecular weight excluding hydrogens is 494 g/mol. The van der Waals surface area contributed by atoms with E-state index in [1.54, 1.807) is 35.6 Å². The summed E-state index contributed by atoms with van der Waals surface area (Å²) >= 11 is 1.54. The van der Waals surface area contributed by atoms with Crippen LogP contribution in [0.1, 0.15) is 51.0 Å². The summed E-state index contributed by atoms with van der Waals surface area (Å²) in [5, 5.41) is 5.76. The quantitative estimate of drug-likeness (QED) is 0.455. The number of hydrogen-bond acceptors (Lipinski definition) is 5. The van der Waals surface area contributed by atoms with E-state index in [9.17, 15) is 18.0 Å². The minimum atomic E-state index is -3.84. The summed E-state index contributed by atoms with van der Waals surface area (Å²) in [6, 6.07) is 15.1. The van der Waals surface area contributed by atoms with Crippen molar-refractivity contribution in [1.29, 1.82) is 0 Å². The first-order valence-corrected chi connectivity index (χ1v) is 14.2.